The third-order valence-electron chi connectivity index (χ3n) is 3.46. The Labute approximate surface area is 91.5 Å². The molecule has 2 rings (SSSR count). The van der Waals surface area contributed by atoms with E-state index < -0.39 is 0 Å². The lowest BCUT2D eigenvalue weighted by atomic mass is 9.83. The van der Waals surface area contributed by atoms with Crippen molar-refractivity contribution < 1.29 is 4.79 Å². The monoisotopic (exact) mass is 202 g/mol. The molecule has 0 bridgehead atoms. The van der Waals surface area contributed by atoms with Crippen molar-refractivity contribution in [2.24, 2.45) is 0 Å². The lowest BCUT2D eigenvalue weighted by Crippen LogP contribution is -2.14. The summed E-state index contributed by atoms with van der Waals surface area (Å²) in [4.78, 5) is 11.9. The Morgan fingerprint density at radius 1 is 1.33 bits per heavy atom. The summed E-state index contributed by atoms with van der Waals surface area (Å²) in [6.07, 6.45) is 3.94. The second kappa shape index (κ2) is 4.18. The molecule has 0 aliphatic heterocycles. The van der Waals surface area contributed by atoms with Gasteiger partial charge < -0.3 is 0 Å². The summed E-state index contributed by atoms with van der Waals surface area (Å²) < 4.78 is 0. The predicted octanol–water partition coefficient (Wildman–Crippen LogP) is 3.72. The van der Waals surface area contributed by atoms with Gasteiger partial charge in [0.1, 0.15) is 0 Å². The molecule has 15 heavy (non-hydrogen) atoms. The summed E-state index contributed by atoms with van der Waals surface area (Å²) in [5.74, 6) is 0.856. The molecule has 80 valence electrons. The van der Waals surface area contributed by atoms with Crippen LogP contribution in [0.4, 0.5) is 0 Å². The Hall–Kier alpha value is -1.11. The normalized spacial score (nSPS) is 17.3. The fraction of sp³-hybridized carbons (Fsp3) is 0.500. The SMILES string of the molecule is CCC(C)c1cccc2c1C(=O)CCC2. The van der Waals surface area contributed by atoms with E-state index in [1.807, 2.05) is 0 Å². The summed E-state index contributed by atoms with van der Waals surface area (Å²) in [5.41, 5.74) is 3.57. The van der Waals surface area contributed by atoms with E-state index in [0.717, 1.165) is 31.2 Å². The molecule has 1 atom stereocenters. The number of benzene rings is 1. The van der Waals surface area contributed by atoms with Crippen molar-refractivity contribution >= 4 is 5.78 Å². The first kappa shape index (κ1) is 10.4. The largest absolute Gasteiger partial charge is 0.294 e. The molecule has 0 fully saturated rings. The first-order chi connectivity index (χ1) is 7.24. The molecule has 0 amide bonds. The Balaban J connectivity index is 2.51. The molecule has 1 nitrogen and oxygen atoms in total. The Morgan fingerprint density at radius 2 is 2.13 bits per heavy atom. The van der Waals surface area contributed by atoms with Crippen LogP contribution in [0.1, 0.15) is 60.5 Å². The minimum atomic E-state index is 0.354. The zero-order chi connectivity index (χ0) is 10.8. The molecule has 1 aliphatic rings. The fourth-order valence-electron chi connectivity index (χ4n) is 2.36. The smallest absolute Gasteiger partial charge is 0.163 e. The number of aryl methyl sites for hydroxylation is 1. The van der Waals surface area contributed by atoms with Gasteiger partial charge in [-0.05, 0) is 36.3 Å². The van der Waals surface area contributed by atoms with Crippen LogP contribution in [0.15, 0.2) is 18.2 Å². The van der Waals surface area contributed by atoms with E-state index in [2.05, 4.69) is 32.0 Å². The maximum absolute atomic E-state index is 11.9. The lowest BCUT2D eigenvalue weighted by molar-refractivity contribution is 0.0971. The molecule has 0 N–H and O–H groups in total. The van der Waals surface area contributed by atoms with Gasteiger partial charge in [-0.15, -0.1) is 0 Å². The second-order valence-corrected chi connectivity index (χ2v) is 4.47. The maximum Gasteiger partial charge on any atom is 0.163 e. The van der Waals surface area contributed by atoms with Gasteiger partial charge in [-0.2, -0.15) is 0 Å². The third kappa shape index (κ3) is 1.83. The number of rotatable bonds is 2. The number of fused-ring (bicyclic) bond motifs is 1. The number of carbonyl (C=O) groups excluding carboxylic acids is 1. The predicted molar refractivity (Wildman–Crippen MR) is 62.4 cm³/mol. The van der Waals surface area contributed by atoms with E-state index in [1.165, 1.54) is 11.1 Å². The number of hydrogen-bond acceptors (Lipinski definition) is 1. The minimum Gasteiger partial charge on any atom is -0.294 e. The highest BCUT2D eigenvalue weighted by atomic mass is 16.1. The van der Waals surface area contributed by atoms with Gasteiger partial charge in [-0.1, -0.05) is 32.0 Å². The van der Waals surface area contributed by atoms with Crippen LogP contribution in [0, 0.1) is 0 Å². The summed E-state index contributed by atoms with van der Waals surface area (Å²) in [5, 5.41) is 0. The first-order valence-electron chi connectivity index (χ1n) is 5.89. The lowest BCUT2D eigenvalue weighted by Gasteiger charge is -2.21. The van der Waals surface area contributed by atoms with E-state index >= 15 is 0 Å². The molecule has 1 aromatic carbocycles. The van der Waals surface area contributed by atoms with Crippen molar-refractivity contribution in [3.63, 3.8) is 0 Å². The first-order valence-corrected chi connectivity index (χ1v) is 5.89. The summed E-state index contributed by atoms with van der Waals surface area (Å²) in [7, 11) is 0. The topological polar surface area (TPSA) is 17.1 Å². The van der Waals surface area contributed by atoms with Gasteiger partial charge in [0.2, 0.25) is 0 Å². The van der Waals surface area contributed by atoms with Crippen molar-refractivity contribution in [3.8, 4) is 0 Å². The molecule has 1 aliphatic carbocycles. The highest BCUT2D eigenvalue weighted by molar-refractivity contribution is 6.00. The number of carbonyl (C=O) groups is 1. The third-order valence-corrected chi connectivity index (χ3v) is 3.46. The summed E-state index contributed by atoms with van der Waals surface area (Å²) in [6, 6.07) is 6.33. The molecule has 1 heteroatoms. The van der Waals surface area contributed by atoms with Gasteiger partial charge in [0.05, 0.1) is 0 Å². The molecule has 0 spiro atoms. The van der Waals surface area contributed by atoms with Gasteiger partial charge in [0.15, 0.2) is 5.78 Å². The molecular weight excluding hydrogens is 184 g/mol. The van der Waals surface area contributed by atoms with Crippen LogP contribution in [0.3, 0.4) is 0 Å². The van der Waals surface area contributed by atoms with Gasteiger partial charge in [0, 0.05) is 12.0 Å². The standard InChI is InChI=1S/C14H18O/c1-3-10(2)12-8-4-6-11-7-5-9-13(15)14(11)12/h4,6,8,10H,3,5,7,9H2,1-2H3. The van der Waals surface area contributed by atoms with E-state index in [-0.39, 0.29) is 0 Å². The Bertz CT molecular complexity index is 379. The van der Waals surface area contributed by atoms with Crippen LogP contribution in [-0.2, 0) is 6.42 Å². The summed E-state index contributed by atoms with van der Waals surface area (Å²) >= 11 is 0. The van der Waals surface area contributed by atoms with Crippen molar-refractivity contribution in [2.75, 3.05) is 0 Å². The van der Waals surface area contributed by atoms with Crippen molar-refractivity contribution in [2.45, 2.75) is 45.4 Å². The number of hydrogen-bond donors (Lipinski definition) is 0. The van der Waals surface area contributed by atoms with Crippen LogP contribution in [0.25, 0.3) is 0 Å². The highest BCUT2D eigenvalue weighted by Gasteiger charge is 2.21. The number of ketones is 1. The molecular formula is C14H18O. The molecule has 0 saturated heterocycles. The van der Waals surface area contributed by atoms with E-state index in [0.29, 0.717) is 11.7 Å². The zero-order valence-electron chi connectivity index (χ0n) is 9.55. The van der Waals surface area contributed by atoms with Crippen LogP contribution in [-0.4, -0.2) is 5.78 Å². The van der Waals surface area contributed by atoms with Crippen LogP contribution in [0.5, 0.6) is 0 Å². The zero-order valence-corrected chi connectivity index (χ0v) is 9.55. The van der Waals surface area contributed by atoms with Crippen molar-refractivity contribution in [1.82, 2.24) is 0 Å². The quantitative estimate of drug-likeness (QED) is 0.714. The van der Waals surface area contributed by atoms with Gasteiger partial charge in [-0.25, -0.2) is 0 Å². The average molecular weight is 202 g/mol. The molecule has 1 unspecified atom stereocenters. The molecule has 0 saturated carbocycles. The second-order valence-electron chi connectivity index (χ2n) is 4.47. The highest BCUT2D eigenvalue weighted by Crippen LogP contribution is 2.30. The molecule has 0 radical (unpaired) electrons. The molecule has 0 heterocycles. The van der Waals surface area contributed by atoms with Crippen molar-refractivity contribution in [3.05, 3.63) is 34.9 Å². The minimum absolute atomic E-state index is 0.354. The average Bonchev–Trinajstić information content (AvgIpc) is 2.28. The van der Waals surface area contributed by atoms with Gasteiger partial charge >= 0.3 is 0 Å². The molecule has 1 aromatic rings. The van der Waals surface area contributed by atoms with E-state index in [9.17, 15) is 4.79 Å². The van der Waals surface area contributed by atoms with Gasteiger partial charge in [-0.3, -0.25) is 4.79 Å². The maximum atomic E-state index is 11.9. The Kier molecular flexibility index (Phi) is 2.90. The van der Waals surface area contributed by atoms with Crippen LogP contribution in [0.2, 0.25) is 0 Å². The number of Topliss-reactive ketones (excluding diaryl/α,β-unsaturated/α-hetero) is 1. The Morgan fingerprint density at radius 3 is 2.87 bits per heavy atom. The van der Waals surface area contributed by atoms with E-state index in [1.54, 1.807) is 0 Å². The molecule has 0 aromatic heterocycles. The van der Waals surface area contributed by atoms with E-state index in [4.69, 9.17) is 0 Å². The van der Waals surface area contributed by atoms with Crippen LogP contribution < -0.4 is 0 Å². The van der Waals surface area contributed by atoms with Crippen LogP contribution >= 0.6 is 0 Å². The van der Waals surface area contributed by atoms with Crippen molar-refractivity contribution in [1.29, 1.82) is 0 Å². The van der Waals surface area contributed by atoms with Gasteiger partial charge in [0.25, 0.3) is 0 Å². The summed E-state index contributed by atoms with van der Waals surface area (Å²) in [6.45, 7) is 4.38. The fourth-order valence-corrected chi connectivity index (χ4v) is 2.36.